The van der Waals surface area contributed by atoms with Gasteiger partial charge in [-0.15, -0.1) is 0 Å². The highest BCUT2D eigenvalue weighted by Gasteiger charge is 3.02. The predicted octanol–water partition coefficient (Wildman–Crippen LogP) is 3.80. The molecule has 1 unspecified atom stereocenters. The molecule has 6 fully saturated rings. The van der Waals surface area contributed by atoms with Crippen LogP contribution in [-0.4, -0.2) is 75.8 Å². The van der Waals surface area contributed by atoms with Crippen LogP contribution in [0.25, 0.3) is 0 Å². The second-order valence-electron chi connectivity index (χ2n) is 16.0. The molecule has 1 spiro atoms. The van der Waals surface area contributed by atoms with Crippen LogP contribution in [0.2, 0.25) is 0 Å². The van der Waals surface area contributed by atoms with Crippen LogP contribution in [0.15, 0.2) is 46.3 Å². The summed E-state index contributed by atoms with van der Waals surface area (Å²) in [6.45, 7) is 12.7. The minimum Gasteiger partial charge on any atom is -0.472 e. The average molecular weight is 669 g/mol. The van der Waals surface area contributed by atoms with Crippen LogP contribution in [0.4, 0.5) is 0 Å². The second-order valence-corrected chi connectivity index (χ2v) is 16.0. The fraction of sp³-hybridized carbons (Fsp3) is 0.694. The zero-order valence-corrected chi connectivity index (χ0v) is 28.6. The summed E-state index contributed by atoms with van der Waals surface area (Å²) in [5, 5.41) is 26.8. The van der Waals surface area contributed by atoms with E-state index in [1.807, 2.05) is 34.6 Å². The molecule has 12 nitrogen and oxygen atoms in total. The molecule has 260 valence electrons. The van der Waals surface area contributed by atoms with E-state index in [-0.39, 0.29) is 12.8 Å². The number of hydrogen-bond donors (Lipinski definition) is 2. The number of cyclic esters (lactones) is 1. The zero-order chi connectivity index (χ0) is 34.7. The molecule has 2 N–H and O–H groups in total. The van der Waals surface area contributed by atoms with Crippen molar-refractivity contribution in [1.82, 2.24) is 0 Å². The standard InChI is InChI=1S/C36H44O12/c1-9-19(4)26(39)45-27-30(6)17-32(40)31(7,21(30)14-23(37)42-8)33-12-11-29(5)22(15-24(38)44-25(29)20-10-13-43-16-20)35(33)28(34(27,32)41)46-36(47-33,48-35)18(2)3/h9-10,13,15-16,18,21,25,27-28,40-41H,11-12,14,17H2,1-8H3/b19-9+/t21-,25-,27-,28+,29+,30-,31+,32+,33-,34-,35+,36?/m0/s1. The summed E-state index contributed by atoms with van der Waals surface area (Å²) in [5.74, 6) is -4.68. The van der Waals surface area contributed by atoms with Crippen LogP contribution in [0.3, 0.4) is 0 Å². The maximum Gasteiger partial charge on any atom is 0.333 e. The molecule has 4 saturated carbocycles. The molecule has 3 aliphatic heterocycles. The van der Waals surface area contributed by atoms with Crippen LogP contribution in [-0.2, 0) is 42.8 Å². The largest absolute Gasteiger partial charge is 0.472 e. The molecular formula is C36H44O12. The first-order valence-corrected chi connectivity index (χ1v) is 16.8. The monoisotopic (exact) mass is 668 g/mol. The number of carbonyl (C=O) groups is 3. The highest BCUT2D eigenvalue weighted by Crippen LogP contribution is 2.88. The Morgan fingerprint density at radius 2 is 1.88 bits per heavy atom. The first-order chi connectivity index (χ1) is 22.4. The van der Waals surface area contributed by atoms with Gasteiger partial charge in [0, 0.05) is 45.8 Å². The number of ether oxygens (including phenoxy) is 6. The Morgan fingerprint density at radius 1 is 1.15 bits per heavy atom. The summed E-state index contributed by atoms with van der Waals surface area (Å²) in [4.78, 5) is 40.5. The molecule has 12 atom stereocenters. The molecule has 4 aliphatic carbocycles. The molecule has 0 amide bonds. The summed E-state index contributed by atoms with van der Waals surface area (Å²) >= 11 is 0. The number of furan rings is 1. The van der Waals surface area contributed by atoms with Gasteiger partial charge in [0.05, 0.1) is 19.6 Å². The third kappa shape index (κ3) is 3.03. The zero-order valence-electron chi connectivity index (χ0n) is 28.6. The molecule has 2 saturated heterocycles. The van der Waals surface area contributed by atoms with Crippen LogP contribution in [0.1, 0.15) is 85.8 Å². The lowest BCUT2D eigenvalue weighted by Gasteiger charge is -2.75. The van der Waals surface area contributed by atoms with Crippen LogP contribution >= 0.6 is 0 Å². The third-order valence-corrected chi connectivity index (χ3v) is 14.0. The topological polar surface area (TPSA) is 160 Å². The van der Waals surface area contributed by atoms with E-state index in [1.54, 1.807) is 26.0 Å². The van der Waals surface area contributed by atoms with Crippen molar-refractivity contribution >= 4 is 17.9 Å². The SMILES string of the molecule is C/C=C(\C)C(=O)O[C@H]1[C@@]2(C)C[C@]3(O)[C@@]1(O)[C@H]1OC4(C(C)C)O[C@@]5(CC[C@]6(C)C(=CC(=O)O[C@H]6c6ccoc6)[C@@]15O4)[C@]3(C)[C@H]2CC(=O)OC. The second kappa shape index (κ2) is 9.19. The molecular weight excluding hydrogens is 624 g/mol. The van der Waals surface area contributed by atoms with Gasteiger partial charge in [-0.3, -0.25) is 4.79 Å². The highest BCUT2D eigenvalue weighted by molar-refractivity contribution is 5.88. The van der Waals surface area contributed by atoms with Crippen molar-refractivity contribution in [1.29, 1.82) is 0 Å². The van der Waals surface area contributed by atoms with Crippen LogP contribution in [0.5, 0.6) is 0 Å². The lowest BCUT2D eigenvalue weighted by molar-refractivity contribution is -0.454. The van der Waals surface area contributed by atoms with Crippen molar-refractivity contribution in [3.63, 3.8) is 0 Å². The maximum absolute atomic E-state index is 13.6. The smallest absolute Gasteiger partial charge is 0.333 e. The van der Waals surface area contributed by atoms with E-state index < -0.39 is 92.7 Å². The Kier molecular flexibility index (Phi) is 6.17. The molecule has 12 heteroatoms. The lowest BCUT2D eigenvalue weighted by Crippen LogP contribution is -2.92. The molecule has 4 heterocycles. The van der Waals surface area contributed by atoms with Gasteiger partial charge in [-0.1, -0.05) is 40.7 Å². The molecule has 48 heavy (non-hydrogen) atoms. The van der Waals surface area contributed by atoms with E-state index in [4.69, 9.17) is 32.8 Å². The molecule has 1 aromatic heterocycles. The summed E-state index contributed by atoms with van der Waals surface area (Å²) < 4.78 is 44.0. The number of allylic oxidation sites excluding steroid dienone is 1. The van der Waals surface area contributed by atoms with Gasteiger partial charge in [-0.25, -0.2) is 9.59 Å². The minimum absolute atomic E-state index is 0.0206. The van der Waals surface area contributed by atoms with E-state index in [2.05, 4.69) is 0 Å². The van der Waals surface area contributed by atoms with E-state index in [1.165, 1.54) is 25.7 Å². The van der Waals surface area contributed by atoms with Gasteiger partial charge in [0.1, 0.15) is 29.5 Å². The van der Waals surface area contributed by atoms with E-state index in [0.29, 0.717) is 29.6 Å². The third-order valence-electron chi connectivity index (χ3n) is 14.0. The summed E-state index contributed by atoms with van der Waals surface area (Å²) in [7, 11) is 1.30. The minimum atomic E-state index is -2.28. The van der Waals surface area contributed by atoms with Gasteiger partial charge in [0.15, 0.2) is 11.2 Å². The van der Waals surface area contributed by atoms with Gasteiger partial charge in [-0.05, 0) is 50.7 Å². The van der Waals surface area contributed by atoms with Crippen molar-refractivity contribution in [2.45, 2.75) is 121 Å². The Balaban J connectivity index is 1.44. The number of carbonyl (C=O) groups excluding carboxylic acids is 3. The number of esters is 3. The van der Waals surface area contributed by atoms with Gasteiger partial charge in [0.25, 0.3) is 5.97 Å². The first kappa shape index (κ1) is 32.2. The fourth-order valence-corrected chi connectivity index (χ4v) is 11.7. The number of hydrogen-bond acceptors (Lipinski definition) is 12. The van der Waals surface area contributed by atoms with Gasteiger partial charge < -0.3 is 43.1 Å². The van der Waals surface area contributed by atoms with E-state index in [9.17, 15) is 24.6 Å². The lowest BCUT2D eigenvalue weighted by atomic mass is 9.35. The summed E-state index contributed by atoms with van der Waals surface area (Å²) in [5.41, 5.74) is -9.36. The number of fused-ring (bicyclic) bond motifs is 4. The van der Waals surface area contributed by atoms with Crippen molar-refractivity contribution in [3.8, 4) is 0 Å². The molecule has 1 aromatic rings. The number of aliphatic hydroxyl groups is 2. The van der Waals surface area contributed by atoms with Gasteiger partial charge in [-0.2, -0.15) is 0 Å². The number of rotatable bonds is 6. The van der Waals surface area contributed by atoms with E-state index in [0.717, 1.165) is 0 Å². The van der Waals surface area contributed by atoms with Crippen molar-refractivity contribution in [2.75, 3.05) is 7.11 Å². The molecule has 4 bridgehead atoms. The van der Waals surface area contributed by atoms with Crippen molar-refractivity contribution in [3.05, 3.63) is 47.5 Å². The predicted molar refractivity (Wildman–Crippen MR) is 163 cm³/mol. The Morgan fingerprint density at radius 3 is 2.50 bits per heavy atom. The van der Waals surface area contributed by atoms with Crippen molar-refractivity contribution in [2.24, 2.45) is 28.1 Å². The van der Waals surface area contributed by atoms with E-state index >= 15 is 0 Å². The summed E-state index contributed by atoms with van der Waals surface area (Å²) in [6, 6.07) is 1.75. The quantitative estimate of drug-likeness (QED) is 0.257. The molecule has 0 radical (unpaired) electrons. The van der Waals surface area contributed by atoms with Gasteiger partial charge in [0.2, 0.25) is 0 Å². The van der Waals surface area contributed by atoms with Crippen molar-refractivity contribution < 1.29 is 57.4 Å². The van der Waals surface area contributed by atoms with Gasteiger partial charge >= 0.3 is 17.9 Å². The molecule has 7 aliphatic rings. The first-order valence-electron chi connectivity index (χ1n) is 16.8. The Labute approximate surface area is 278 Å². The Bertz CT molecular complexity index is 1700. The molecule has 8 rings (SSSR count). The molecule has 0 aromatic carbocycles. The average Bonchev–Trinajstić information content (AvgIpc) is 3.83. The summed E-state index contributed by atoms with van der Waals surface area (Å²) in [6.07, 6.45) is 3.14. The Hall–Kier alpha value is -3.03. The maximum atomic E-state index is 13.6. The highest BCUT2D eigenvalue weighted by atomic mass is 17.0. The van der Waals surface area contributed by atoms with Crippen LogP contribution in [0, 0.1) is 28.1 Å². The van der Waals surface area contributed by atoms with Crippen LogP contribution < -0.4 is 0 Å². The number of methoxy groups -OCH3 is 1. The fourth-order valence-electron chi connectivity index (χ4n) is 11.7. The normalized spacial score (nSPS) is 50.9.